The van der Waals surface area contributed by atoms with Crippen LogP contribution in [0.4, 0.5) is 8.78 Å². The SMILES string of the molecule is NCc1cn(CC(=O)Cc2c(F)ccc(Br)c2F)nn1. The molecule has 2 N–H and O–H groups in total. The van der Waals surface area contributed by atoms with Crippen LogP contribution in [0.5, 0.6) is 0 Å². The van der Waals surface area contributed by atoms with Crippen molar-refractivity contribution in [1.29, 1.82) is 0 Å². The number of carbonyl (C=O) groups is 1. The third-order valence-electron chi connectivity index (χ3n) is 2.65. The summed E-state index contributed by atoms with van der Waals surface area (Å²) in [6, 6.07) is 2.36. The molecule has 0 saturated carbocycles. The van der Waals surface area contributed by atoms with Gasteiger partial charge in [0.25, 0.3) is 0 Å². The zero-order valence-electron chi connectivity index (χ0n) is 10.3. The number of nitrogens with zero attached hydrogens (tertiary/aromatic N) is 3. The summed E-state index contributed by atoms with van der Waals surface area (Å²) in [5, 5.41) is 7.42. The maximum atomic E-state index is 13.7. The molecule has 1 aromatic heterocycles. The maximum absolute atomic E-state index is 13.7. The Bertz CT molecular complexity index is 644. The van der Waals surface area contributed by atoms with Crippen molar-refractivity contribution < 1.29 is 13.6 Å². The van der Waals surface area contributed by atoms with Crippen LogP contribution in [0.1, 0.15) is 11.3 Å². The first-order chi connectivity index (χ1) is 9.51. The van der Waals surface area contributed by atoms with Gasteiger partial charge in [0, 0.05) is 18.5 Å². The third kappa shape index (κ3) is 3.26. The predicted molar refractivity (Wildman–Crippen MR) is 70.7 cm³/mol. The average Bonchev–Trinajstić information content (AvgIpc) is 2.87. The second-order valence-electron chi connectivity index (χ2n) is 4.15. The minimum atomic E-state index is -0.764. The fourth-order valence-corrected chi connectivity index (χ4v) is 2.05. The Morgan fingerprint density at radius 3 is 2.80 bits per heavy atom. The van der Waals surface area contributed by atoms with Crippen molar-refractivity contribution in [2.45, 2.75) is 19.5 Å². The number of halogens is 3. The summed E-state index contributed by atoms with van der Waals surface area (Å²) in [5.74, 6) is -1.89. The number of Topliss-reactive ketones (excluding diaryl/α,β-unsaturated/α-hetero) is 1. The Kier molecular flexibility index (Phi) is 4.56. The van der Waals surface area contributed by atoms with E-state index in [0.717, 1.165) is 6.07 Å². The Morgan fingerprint density at radius 1 is 1.40 bits per heavy atom. The molecule has 2 aromatic rings. The van der Waals surface area contributed by atoms with E-state index in [4.69, 9.17) is 5.73 Å². The van der Waals surface area contributed by atoms with Crippen LogP contribution in [0.2, 0.25) is 0 Å². The Labute approximate surface area is 121 Å². The highest BCUT2D eigenvalue weighted by molar-refractivity contribution is 9.10. The van der Waals surface area contributed by atoms with Crippen LogP contribution in [0, 0.1) is 11.6 Å². The van der Waals surface area contributed by atoms with Gasteiger partial charge in [-0.15, -0.1) is 5.10 Å². The molecule has 0 fully saturated rings. The predicted octanol–water partition coefficient (Wildman–Crippen LogP) is 1.59. The molecule has 0 unspecified atom stereocenters. The van der Waals surface area contributed by atoms with Gasteiger partial charge in [-0.1, -0.05) is 5.21 Å². The first-order valence-electron chi connectivity index (χ1n) is 5.74. The summed E-state index contributed by atoms with van der Waals surface area (Å²) in [7, 11) is 0. The molecule has 8 heteroatoms. The molecule has 5 nitrogen and oxygen atoms in total. The topological polar surface area (TPSA) is 73.8 Å². The van der Waals surface area contributed by atoms with Crippen molar-refractivity contribution in [3.05, 3.63) is 45.7 Å². The number of ketones is 1. The van der Waals surface area contributed by atoms with Gasteiger partial charge in [-0.2, -0.15) is 0 Å². The minimum absolute atomic E-state index is 0.113. The molecule has 1 aromatic carbocycles. The third-order valence-corrected chi connectivity index (χ3v) is 3.26. The smallest absolute Gasteiger partial charge is 0.158 e. The van der Waals surface area contributed by atoms with E-state index in [9.17, 15) is 13.6 Å². The lowest BCUT2D eigenvalue weighted by atomic mass is 10.1. The molecule has 20 heavy (non-hydrogen) atoms. The standard InChI is InChI=1S/C12H11BrF2N4O/c13-10-1-2-11(14)9(12(10)15)3-8(20)6-19-5-7(4-16)17-18-19/h1-2,5H,3-4,6,16H2. The summed E-state index contributed by atoms with van der Waals surface area (Å²) in [5.41, 5.74) is 5.65. The van der Waals surface area contributed by atoms with E-state index in [2.05, 4.69) is 26.2 Å². The molecule has 1 heterocycles. The molecule has 0 aliphatic rings. The highest BCUT2D eigenvalue weighted by atomic mass is 79.9. The van der Waals surface area contributed by atoms with Crippen molar-refractivity contribution in [1.82, 2.24) is 15.0 Å². The molecule has 0 atom stereocenters. The van der Waals surface area contributed by atoms with Crippen molar-refractivity contribution >= 4 is 21.7 Å². The van der Waals surface area contributed by atoms with E-state index in [1.807, 2.05) is 0 Å². The van der Waals surface area contributed by atoms with Gasteiger partial charge in [0.15, 0.2) is 5.78 Å². The Morgan fingerprint density at radius 2 is 2.15 bits per heavy atom. The van der Waals surface area contributed by atoms with Crippen LogP contribution in [-0.2, 0) is 24.3 Å². The van der Waals surface area contributed by atoms with E-state index in [1.54, 1.807) is 0 Å². The molecule has 0 saturated heterocycles. The zero-order chi connectivity index (χ0) is 14.7. The van der Waals surface area contributed by atoms with Gasteiger partial charge in [-0.25, -0.2) is 13.5 Å². The first-order valence-corrected chi connectivity index (χ1v) is 6.53. The lowest BCUT2D eigenvalue weighted by Gasteiger charge is -2.06. The molecular weight excluding hydrogens is 334 g/mol. The molecule has 106 valence electrons. The Hall–Kier alpha value is -1.67. The van der Waals surface area contributed by atoms with E-state index in [-0.39, 0.29) is 35.3 Å². The first kappa shape index (κ1) is 14.7. The summed E-state index contributed by atoms with van der Waals surface area (Å²) in [6.07, 6.45) is 1.17. The lowest BCUT2D eigenvalue weighted by molar-refractivity contribution is -0.119. The summed E-state index contributed by atoms with van der Waals surface area (Å²) in [4.78, 5) is 11.8. The van der Waals surface area contributed by atoms with Gasteiger partial charge in [0.1, 0.15) is 18.2 Å². The highest BCUT2D eigenvalue weighted by Crippen LogP contribution is 2.22. The van der Waals surface area contributed by atoms with Crippen molar-refractivity contribution in [3.8, 4) is 0 Å². The number of benzene rings is 1. The quantitative estimate of drug-likeness (QED) is 0.836. The highest BCUT2D eigenvalue weighted by Gasteiger charge is 2.16. The fourth-order valence-electron chi connectivity index (χ4n) is 1.67. The van der Waals surface area contributed by atoms with Crippen LogP contribution in [0.15, 0.2) is 22.8 Å². The number of hydrogen-bond acceptors (Lipinski definition) is 4. The van der Waals surface area contributed by atoms with Gasteiger partial charge < -0.3 is 5.73 Å². The summed E-state index contributed by atoms with van der Waals surface area (Å²) in [6.45, 7) is 0.0987. The van der Waals surface area contributed by atoms with E-state index in [0.29, 0.717) is 5.69 Å². The van der Waals surface area contributed by atoms with Crippen LogP contribution in [-0.4, -0.2) is 20.8 Å². The van der Waals surface area contributed by atoms with Crippen LogP contribution in [0.3, 0.4) is 0 Å². The monoisotopic (exact) mass is 344 g/mol. The molecule has 0 spiro atoms. The van der Waals surface area contributed by atoms with E-state index in [1.165, 1.54) is 16.9 Å². The summed E-state index contributed by atoms with van der Waals surface area (Å²) >= 11 is 2.96. The van der Waals surface area contributed by atoms with Gasteiger partial charge in [-0.05, 0) is 28.1 Å². The Balaban J connectivity index is 2.10. The van der Waals surface area contributed by atoms with Crippen LogP contribution in [0.25, 0.3) is 0 Å². The van der Waals surface area contributed by atoms with Crippen molar-refractivity contribution in [2.24, 2.45) is 5.73 Å². The van der Waals surface area contributed by atoms with Gasteiger partial charge in [-0.3, -0.25) is 4.79 Å². The van der Waals surface area contributed by atoms with Gasteiger partial charge >= 0.3 is 0 Å². The normalized spacial score (nSPS) is 10.8. The average molecular weight is 345 g/mol. The van der Waals surface area contributed by atoms with Crippen molar-refractivity contribution in [2.75, 3.05) is 0 Å². The van der Waals surface area contributed by atoms with E-state index < -0.39 is 11.6 Å². The number of hydrogen-bond donors (Lipinski definition) is 1. The summed E-state index contributed by atoms with van der Waals surface area (Å²) < 4.78 is 28.7. The number of carbonyl (C=O) groups excluding carboxylic acids is 1. The van der Waals surface area contributed by atoms with Crippen LogP contribution < -0.4 is 5.73 Å². The maximum Gasteiger partial charge on any atom is 0.158 e. The second kappa shape index (κ2) is 6.19. The fraction of sp³-hybridized carbons (Fsp3) is 0.250. The molecule has 0 amide bonds. The molecule has 0 radical (unpaired) electrons. The molecule has 0 aliphatic carbocycles. The van der Waals surface area contributed by atoms with Crippen LogP contribution >= 0.6 is 15.9 Å². The minimum Gasteiger partial charge on any atom is -0.325 e. The number of aromatic nitrogens is 3. The number of rotatable bonds is 5. The zero-order valence-corrected chi connectivity index (χ0v) is 11.9. The molecule has 0 aliphatic heterocycles. The number of nitrogens with two attached hydrogens (primary N) is 1. The van der Waals surface area contributed by atoms with Crippen molar-refractivity contribution in [3.63, 3.8) is 0 Å². The molecular formula is C12H11BrF2N4O. The molecule has 2 rings (SSSR count). The molecule has 0 bridgehead atoms. The lowest BCUT2D eigenvalue weighted by Crippen LogP contribution is -2.15. The largest absolute Gasteiger partial charge is 0.325 e. The van der Waals surface area contributed by atoms with Gasteiger partial charge in [0.2, 0.25) is 0 Å². The van der Waals surface area contributed by atoms with E-state index >= 15 is 0 Å². The second-order valence-corrected chi connectivity index (χ2v) is 5.00. The van der Waals surface area contributed by atoms with Gasteiger partial charge in [0.05, 0.1) is 16.4 Å².